The highest BCUT2D eigenvalue weighted by Gasteiger charge is 2.20. The molecule has 0 unspecified atom stereocenters. The second-order valence-electron chi connectivity index (χ2n) is 6.14. The summed E-state index contributed by atoms with van der Waals surface area (Å²) in [7, 11) is 0. The lowest BCUT2D eigenvalue weighted by Crippen LogP contribution is -2.31. The highest BCUT2D eigenvalue weighted by Crippen LogP contribution is 2.22. The zero-order valence-corrected chi connectivity index (χ0v) is 13.5. The van der Waals surface area contributed by atoms with E-state index in [1.165, 1.54) is 6.92 Å². The fourth-order valence-electron chi connectivity index (χ4n) is 2.14. The summed E-state index contributed by atoms with van der Waals surface area (Å²) in [5, 5.41) is 12.9. The van der Waals surface area contributed by atoms with Crippen molar-refractivity contribution in [3.05, 3.63) is 0 Å². The van der Waals surface area contributed by atoms with Crippen LogP contribution in [0.1, 0.15) is 72.6 Å². The van der Waals surface area contributed by atoms with Crippen molar-refractivity contribution in [2.75, 3.05) is 6.54 Å². The number of rotatable bonds is 11. The topological polar surface area (TPSA) is 66.4 Å². The fourth-order valence-corrected chi connectivity index (χ4v) is 2.14. The van der Waals surface area contributed by atoms with Crippen LogP contribution in [-0.2, 0) is 9.59 Å². The van der Waals surface area contributed by atoms with E-state index in [0.717, 1.165) is 38.5 Å². The number of aliphatic hydroxyl groups is 1. The average molecular weight is 285 g/mol. The molecule has 0 radical (unpaired) electrons. The van der Waals surface area contributed by atoms with Gasteiger partial charge in [0.05, 0.1) is 5.60 Å². The van der Waals surface area contributed by atoms with E-state index in [2.05, 4.69) is 12.2 Å². The summed E-state index contributed by atoms with van der Waals surface area (Å²) in [6.07, 6.45) is 5.69. The fraction of sp³-hybridized carbons (Fsp3) is 0.875. The van der Waals surface area contributed by atoms with Gasteiger partial charge in [-0.3, -0.25) is 9.59 Å². The third-order valence-electron chi connectivity index (χ3n) is 3.65. The molecule has 0 saturated carbocycles. The maximum absolute atomic E-state index is 11.8. The minimum absolute atomic E-state index is 0.000508. The first-order valence-electron chi connectivity index (χ1n) is 7.78. The number of amides is 1. The Morgan fingerprint density at radius 1 is 1.25 bits per heavy atom. The molecular formula is C16H31NO3. The predicted molar refractivity (Wildman–Crippen MR) is 81.5 cm³/mol. The second-order valence-corrected chi connectivity index (χ2v) is 6.14. The Morgan fingerprint density at radius 2 is 1.85 bits per heavy atom. The van der Waals surface area contributed by atoms with Crippen molar-refractivity contribution in [1.29, 1.82) is 0 Å². The van der Waals surface area contributed by atoms with Crippen molar-refractivity contribution in [1.82, 2.24) is 5.32 Å². The first-order chi connectivity index (χ1) is 9.28. The number of unbranched alkanes of at least 4 members (excludes halogenated alkanes) is 1. The van der Waals surface area contributed by atoms with Crippen LogP contribution in [-0.4, -0.2) is 28.9 Å². The van der Waals surface area contributed by atoms with Crippen LogP contribution in [0.3, 0.4) is 0 Å². The van der Waals surface area contributed by atoms with Crippen LogP contribution in [0.15, 0.2) is 0 Å². The van der Waals surface area contributed by atoms with Gasteiger partial charge >= 0.3 is 0 Å². The summed E-state index contributed by atoms with van der Waals surface area (Å²) in [4.78, 5) is 22.6. The minimum Gasteiger partial charge on any atom is -0.390 e. The van der Waals surface area contributed by atoms with Gasteiger partial charge in [-0.1, -0.05) is 26.7 Å². The zero-order chi connectivity index (χ0) is 15.6. The summed E-state index contributed by atoms with van der Waals surface area (Å²) in [6.45, 7) is 7.83. The van der Waals surface area contributed by atoms with E-state index in [0.29, 0.717) is 13.0 Å². The summed E-state index contributed by atoms with van der Waals surface area (Å²) in [5.74, 6) is 0.0216. The standard InChI is InChI=1S/C16H31NO3/c1-5-6-10-16(4,20)11-7-8-13(2)15(19)17-12-9-14(3)18/h13,20H,5-12H2,1-4H3,(H,17,19)/t13-,16-/m1/s1. The highest BCUT2D eigenvalue weighted by molar-refractivity contribution is 5.80. The Kier molecular flexibility index (Phi) is 9.47. The van der Waals surface area contributed by atoms with Crippen LogP contribution in [0.25, 0.3) is 0 Å². The van der Waals surface area contributed by atoms with Crippen LogP contribution >= 0.6 is 0 Å². The molecule has 0 aromatic rings. The van der Waals surface area contributed by atoms with Crippen LogP contribution in [0.4, 0.5) is 0 Å². The van der Waals surface area contributed by atoms with Crippen molar-refractivity contribution in [3.8, 4) is 0 Å². The smallest absolute Gasteiger partial charge is 0.222 e. The van der Waals surface area contributed by atoms with Crippen molar-refractivity contribution < 1.29 is 14.7 Å². The monoisotopic (exact) mass is 285 g/mol. The lowest BCUT2D eigenvalue weighted by Gasteiger charge is -2.23. The molecule has 2 atom stereocenters. The number of hydrogen-bond donors (Lipinski definition) is 2. The minimum atomic E-state index is -0.610. The zero-order valence-electron chi connectivity index (χ0n) is 13.5. The summed E-state index contributed by atoms with van der Waals surface area (Å²) in [6, 6.07) is 0. The molecule has 20 heavy (non-hydrogen) atoms. The van der Waals surface area contributed by atoms with Crippen molar-refractivity contribution in [2.24, 2.45) is 5.92 Å². The Bertz CT molecular complexity index is 300. The maximum Gasteiger partial charge on any atom is 0.222 e. The number of nitrogens with one attached hydrogen (secondary N) is 1. The molecule has 0 aromatic heterocycles. The summed E-state index contributed by atoms with van der Waals surface area (Å²) >= 11 is 0. The van der Waals surface area contributed by atoms with E-state index in [4.69, 9.17) is 0 Å². The number of carbonyl (C=O) groups is 2. The lowest BCUT2D eigenvalue weighted by molar-refractivity contribution is -0.125. The van der Waals surface area contributed by atoms with Crippen LogP contribution in [0, 0.1) is 5.92 Å². The van der Waals surface area contributed by atoms with E-state index >= 15 is 0 Å². The first-order valence-corrected chi connectivity index (χ1v) is 7.78. The SMILES string of the molecule is CCCC[C@@](C)(O)CCC[C@@H](C)C(=O)NCCC(C)=O. The van der Waals surface area contributed by atoms with Crippen molar-refractivity contribution in [3.63, 3.8) is 0 Å². The van der Waals surface area contributed by atoms with Crippen molar-refractivity contribution >= 4 is 11.7 Å². The van der Waals surface area contributed by atoms with E-state index in [1.54, 1.807) is 0 Å². The molecule has 0 fully saturated rings. The van der Waals surface area contributed by atoms with Gasteiger partial charge in [-0.25, -0.2) is 0 Å². The third kappa shape index (κ3) is 9.96. The molecular weight excluding hydrogens is 254 g/mol. The van der Waals surface area contributed by atoms with Gasteiger partial charge in [0, 0.05) is 18.9 Å². The van der Waals surface area contributed by atoms with Gasteiger partial charge in [0.1, 0.15) is 5.78 Å². The van der Waals surface area contributed by atoms with E-state index < -0.39 is 5.60 Å². The summed E-state index contributed by atoms with van der Waals surface area (Å²) < 4.78 is 0. The van der Waals surface area contributed by atoms with Gasteiger partial charge in [0.2, 0.25) is 5.91 Å². The molecule has 0 aromatic carbocycles. The number of ketones is 1. The van der Waals surface area contributed by atoms with Crippen LogP contribution in [0.2, 0.25) is 0 Å². The Labute approximate surface area is 123 Å². The van der Waals surface area contributed by atoms with Crippen molar-refractivity contribution in [2.45, 2.75) is 78.2 Å². The second kappa shape index (κ2) is 9.92. The highest BCUT2D eigenvalue weighted by atomic mass is 16.3. The van der Waals surface area contributed by atoms with Gasteiger partial charge in [0.15, 0.2) is 0 Å². The Balaban J connectivity index is 3.83. The Hall–Kier alpha value is -0.900. The van der Waals surface area contributed by atoms with E-state index in [-0.39, 0.29) is 17.6 Å². The van der Waals surface area contributed by atoms with E-state index in [9.17, 15) is 14.7 Å². The van der Waals surface area contributed by atoms with Crippen LogP contribution in [0.5, 0.6) is 0 Å². The number of carbonyl (C=O) groups excluding carboxylic acids is 2. The van der Waals surface area contributed by atoms with Gasteiger partial charge in [-0.15, -0.1) is 0 Å². The third-order valence-corrected chi connectivity index (χ3v) is 3.65. The molecule has 0 saturated heterocycles. The number of hydrogen-bond acceptors (Lipinski definition) is 3. The average Bonchev–Trinajstić information content (AvgIpc) is 2.35. The summed E-state index contributed by atoms with van der Waals surface area (Å²) in [5.41, 5.74) is -0.610. The quantitative estimate of drug-likeness (QED) is 0.613. The largest absolute Gasteiger partial charge is 0.390 e. The molecule has 0 heterocycles. The molecule has 4 heteroatoms. The van der Waals surface area contributed by atoms with Gasteiger partial charge < -0.3 is 10.4 Å². The first kappa shape index (κ1) is 19.1. The maximum atomic E-state index is 11.8. The van der Waals surface area contributed by atoms with E-state index in [1.807, 2.05) is 13.8 Å². The molecule has 0 rings (SSSR count). The molecule has 0 bridgehead atoms. The Morgan fingerprint density at radius 3 is 2.40 bits per heavy atom. The van der Waals surface area contributed by atoms with Crippen LogP contribution < -0.4 is 5.32 Å². The van der Waals surface area contributed by atoms with Gasteiger partial charge in [-0.05, 0) is 39.5 Å². The molecule has 0 aliphatic rings. The molecule has 0 aliphatic heterocycles. The molecule has 2 N–H and O–H groups in total. The van der Waals surface area contributed by atoms with Gasteiger partial charge in [-0.2, -0.15) is 0 Å². The number of Topliss-reactive ketones (excluding diaryl/α,β-unsaturated/α-hetero) is 1. The molecule has 0 aliphatic carbocycles. The molecule has 118 valence electrons. The lowest BCUT2D eigenvalue weighted by atomic mass is 9.91. The molecule has 0 spiro atoms. The molecule has 4 nitrogen and oxygen atoms in total. The predicted octanol–water partition coefficient (Wildman–Crippen LogP) is 2.83. The molecule has 1 amide bonds. The van der Waals surface area contributed by atoms with Gasteiger partial charge in [0.25, 0.3) is 0 Å². The normalized spacial score (nSPS) is 15.4.